The molecule has 3 heterocycles. The molecular weight excluding hydrogens is 421 g/mol. The highest BCUT2D eigenvalue weighted by Crippen LogP contribution is 2.29. The number of hydrogen-bond donors (Lipinski definition) is 3. The van der Waals surface area contributed by atoms with Crippen molar-refractivity contribution >= 4 is 5.82 Å². The first-order valence-electron chi connectivity index (χ1n) is 11.0. The summed E-state index contributed by atoms with van der Waals surface area (Å²) in [7, 11) is 0. The van der Waals surface area contributed by atoms with E-state index in [1.165, 1.54) is 6.07 Å². The van der Waals surface area contributed by atoms with Crippen LogP contribution in [0.4, 0.5) is 10.2 Å². The summed E-state index contributed by atoms with van der Waals surface area (Å²) in [6.07, 6.45) is 7.58. The fourth-order valence-electron chi connectivity index (χ4n) is 3.63. The normalized spacial score (nSPS) is 14.5. The number of pyridine rings is 1. The Labute approximate surface area is 192 Å². The van der Waals surface area contributed by atoms with Crippen LogP contribution in [0.25, 0.3) is 11.1 Å². The molecule has 7 nitrogen and oxygen atoms in total. The Morgan fingerprint density at radius 2 is 2.03 bits per heavy atom. The highest BCUT2D eigenvalue weighted by Gasteiger charge is 2.17. The van der Waals surface area contributed by atoms with Gasteiger partial charge in [-0.3, -0.25) is 4.68 Å². The van der Waals surface area contributed by atoms with Crippen LogP contribution in [0.15, 0.2) is 42.9 Å². The molecule has 0 saturated carbocycles. The second kappa shape index (κ2) is 9.61. The highest BCUT2D eigenvalue weighted by molar-refractivity contribution is 5.65. The van der Waals surface area contributed by atoms with E-state index in [0.717, 1.165) is 37.1 Å². The molecule has 33 heavy (non-hydrogen) atoms. The number of rotatable bonds is 5. The van der Waals surface area contributed by atoms with E-state index in [1.54, 1.807) is 38.2 Å². The Morgan fingerprint density at radius 3 is 2.79 bits per heavy atom. The molecule has 3 aromatic rings. The van der Waals surface area contributed by atoms with E-state index in [4.69, 9.17) is 10.5 Å². The van der Waals surface area contributed by atoms with Gasteiger partial charge in [-0.15, -0.1) is 0 Å². The fourth-order valence-corrected chi connectivity index (χ4v) is 3.63. The maximum absolute atomic E-state index is 14.3. The average molecular weight is 450 g/mol. The number of aliphatic hydroxyl groups is 1. The topological polar surface area (TPSA) is 98.2 Å². The van der Waals surface area contributed by atoms with Crippen LogP contribution < -0.4 is 15.8 Å². The smallest absolute Gasteiger partial charge is 0.166 e. The van der Waals surface area contributed by atoms with Crippen LogP contribution >= 0.6 is 0 Å². The van der Waals surface area contributed by atoms with Crippen molar-refractivity contribution < 1.29 is 14.2 Å². The third-order valence-electron chi connectivity index (χ3n) is 5.44. The van der Waals surface area contributed by atoms with E-state index < -0.39 is 11.4 Å². The number of ether oxygens (including phenoxy) is 1. The molecule has 0 atom stereocenters. The Hall–Kier alpha value is -3.41. The molecule has 0 spiro atoms. The van der Waals surface area contributed by atoms with Crippen molar-refractivity contribution in [1.82, 2.24) is 20.1 Å². The third kappa shape index (κ3) is 5.89. The lowest BCUT2D eigenvalue weighted by molar-refractivity contribution is 0.143. The van der Waals surface area contributed by atoms with Crippen LogP contribution in [0.1, 0.15) is 43.9 Å². The van der Waals surface area contributed by atoms with Gasteiger partial charge in [0, 0.05) is 34.6 Å². The van der Waals surface area contributed by atoms with Crippen LogP contribution in [-0.4, -0.2) is 38.6 Å². The fraction of sp³-hybridized carbons (Fsp3) is 0.360. The number of nitrogens with zero attached hydrogens (tertiary/aromatic N) is 3. The summed E-state index contributed by atoms with van der Waals surface area (Å²) in [5.74, 6) is 5.76. The Balaban J connectivity index is 1.50. The molecule has 1 saturated heterocycles. The van der Waals surface area contributed by atoms with E-state index in [2.05, 4.69) is 27.2 Å². The van der Waals surface area contributed by atoms with E-state index in [9.17, 15) is 9.50 Å². The van der Waals surface area contributed by atoms with Gasteiger partial charge in [0.1, 0.15) is 18.0 Å². The van der Waals surface area contributed by atoms with E-state index >= 15 is 0 Å². The lowest BCUT2D eigenvalue weighted by Gasteiger charge is -2.22. The lowest BCUT2D eigenvalue weighted by atomic mass is 10.1. The molecule has 0 unspecified atom stereocenters. The molecule has 4 rings (SSSR count). The van der Waals surface area contributed by atoms with Gasteiger partial charge in [0.2, 0.25) is 0 Å². The molecule has 1 aliphatic rings. The zero-order valence-corrected chi connectivity index (χ0v) is 18.8. The van der Waals surface area contributed by atoms with Crippen molar-refractivity contribution in [3.05, 3.63) is 59.8 Å². The first kappa shape index (κ1) is 22.8. The summed E-state index contributed by atoms with van der Waals surface area (Å²) in [5.41, 5.74) is 7.54. The van der Waals surface area contributed by atoms with Crippen molar-refractivity contribution in [1.29, 1.82) is 0 Å². The van der Waals surface area contributed by atoms with Crippen molar-refractivity contribution in [3.63, 3.8) is 0 Å². The van der Waals surface area contributed by atoms with Crippen LogP contribution in [0.3, 0.4) is 0 Å². The molecule has 0 bridgehead atoms. The molecular formula is C25H28FN5O2. The minimum absolute atomic E-state index is 0.0342. The summed E-state index contributed by atoms with van der Waals surface area (Å²) < 4.78 is 22.2. The first-order chi connectivity index (χ1) is 15.8. The Kier molecular flexibility index (Phi) is 6.63. The highest BCUT2D eigenvalue weighted by atomic mass is 19.1. The quantitative estimate of drug-likeness (QED) is 0.517. The van der Waals surface area contributed by atoms with Crippen molar-refractivity contribution in [2.24, 2.45) is 0 Å². The maximum atomic E-state index is 14.3. The number of hydrogen-bond acceptors (Lipinski definition) is 6. The summed E-state index contributed by atoms with van der Waals surface area (Å²) >= 11 is 0. The zero-order valence-electron chi connectivity index (χ0n) is 18.8. The number of anilines is 1. The Morgan fingerprint density at radius 1 is 1.24 bits per heavy atom. The molecule has 4 N–H and O–H groups in total. The van der Waals surface area contributed by atoms with Gasteiger partial charge in [-0.1, -0.05) is 11.8 Å². The minimum atomic E-state index is -1.13. The SMILES string of the molecule is CC(C)(O)C#Cc1ccc(F)c(COc2cc(-c3cnn(C4CCNCC4)c3)cnc2N)c1. The van der Waals surface area contributed by atoms with Gasteiger partial charge < -0.3 is 20.9 Å². The van der Waals surface area contributed by atoms with Crippen molar-refractivity contribution in [2.45, 2.75) is 44.9 Å². The summed E-state index contributed by atoms with van der Waals surface area (Å²) in [5, 5.41) is 17.7. The number of nitrogen functional groups attached to an aromatic ring is 1. The van der Waals surface area contributed by atoms with Gasteiger partial charge in [0.15, 0.2) is 11.6 Å². The largest absolute Gasteiger partial charge is 0.485 e. The van der Waals surface area contributed by atoms with Gasteiger partial charge >= 0.3 is 0 Å². The molecule has 1 aliphatic heterocycles. The number of halogens is 1. The standard InChI is InChI=1S/C25H28FN5O2/c1-25(2,32)8-5-17-3-4-22(26)19(11-17)16-33-23-12-18(13-29-24(23)27)20-14-30-31(15-20)21-6-9-28-10-7-21/h3-4,11-15,21,28,32H,6-7,9-10,16H2,1-2H3,(H2,27,29). The average Bonchev–Trinajstić information content (AvgIpc) is 3.29. The van der Waals surface area contributed by atoms with E-state index in [-0.39, 0.29) is 12.4 Å². The van der Waals surface area contributed by atoms with E-state index in [1.807, 2.05) is 17.1 Å². The zero-order chi connectivity index (χ0) is 23.4. The molecule has 1 aromatic carbocycles. The van der Waals surface area contributed by atoms with Gasteiger partial charge in [0.25, 0.3) is 0 Å². The summed E-state index contributed by atoms with van der Waals surface area (Å²) in [4.78, 5) is 4.25. The van der Waals surface area contributed by atoms with Crippen LogP contribution in [0.2, 0.25) is 0 Å². The van der Waals surface area contributed by atoms with Crippen LogP contribution in [-0.2, 0) is 6.61 Å². The number of nitrogens with two attached hydrogens (primary N) is 1. The van der Waals surface area contributed by atoms with Crippen LogP contribution in [0.5, 0.6) is 5.75 Å². The monoisotopic (exact) mass is 449 g/mol. The maximum Gasteiger partial charge on any atom is 0.166 e. The van der Waals surface area contributed by atoms with Crippen molar-refractivity contribution in [3.8, 4) is 28.7 Å². The molecule has 2 aromatic heterocycles. The second-order valence-corrected chi connectivity index (χ2v) is 8.70. The lowest BCUT2D eigenvalue weighted by Crippen LogP contribution is -2.29. The predicted octanol–water partition coefficient (Wildman–Crippen LogP) is 3.29. The minimum Gasteiger partial charge on any atom is -0.485 e. The molecule has 1 fully saturated rings. The summed E-state index contributed by atoms with van der Waals surface area (Å²) in [6, 6.07) is 6.67. The molecule has 172 valence electrons. The molecule has 0 aliphatic carbocycles. The van der Waals surface area contributed by atoms with E-state index in [0.29, 0.717) is 22.9 Å². The predicted molar refractivity (Wildman–Crippen MR) is 125 cm³/mol. The van der Waals surface area contributed by atoms with Crippen LogP contribution in [0, 0.1) is 17.7 Å². The summed E-state index contributed by atoms with van der Waals surface area (Å²) in [6.45, 7) is 5.12. The van der Waals surface area contributed by atoms with Gasteiger partial charge in [0.05, 0.1) is 12.2 Å². The van der Waals surface area contributed by atoms with Gasteiger partial charge in [-0.25, -0.2) is 9.37 Å². The second-order valence-electron chi connectivity index (χ2n) is 8.70. The first-order valence-corrected chi connectivity index (χ1v) is 11.0. The molecule has 0 amide bonds. The van der Waals surface area contributed by atoms with Gasteiger partial charge in [-0.2, -0.15) is 5.10 Å². The number of benzene rings is 1. The molecule has 0 radical (unpaired) electrons. The van der Waals surface area contributed by atoms with Crippen molar-refractivity contribution in [2.75, 3.05) is 18.8 Å². The number of aromatic nitrogens is 3. The third-order valence-corrected chi connectivity index (χ3v) is 5.44. The number of piperidine rings is 1. The molecule has 8 heteroatoms. The van der Waals surface area contributed by atoms with Gasteiger partial charge in [-0.05, 0) is 64.0 Å². The number of nitrogens with one attached hydrogen (secondary N) is 1. The Bertz CT molecular complexity index is 1180.